The fourth-order valence-corrected chi connectivity index (χ4v) is 8.13. The Morgan fingerprint density at radius 2 is 1.75 bits per heavy atom. The van der Waals surface area contributed by atoms with E-state index < -0.39 is 0 Å². The summed E-state index contributed by atoms with van der Waals surface area (Å²) in [5, 5.41) is 0. The molecule has 3 rings (SSSR count). The normalized spacial score (nSPS) is 43.5. The number of esters is 1. The van der Waals surface area contributed by atoms with E-state index in [0.29, 0.717) is 33.7 Å². The number of ether oxygens (including phenoxy) is 2. The van der Waals surface area contributed by atoms with Crippen LogP contribution in [0, 0.1) is 22.7 Å². The summed E-state index contributed by atoms with van der Waals surface area (Å²) in [4.78, 5) is 11.8. The van der Waals surface area contributed by atoms with E-state index in [1.54, 1.807) is 0 Å². The van der Waals surface area contributed by atoms with Gasteiger partial charge < -0.3 is 9.47 Å². The van der Waals surface area contributed by atoms with Crippen LogP contribution in [-0.2, 0) is 14.3 Å². The molecule has 6 atom stereocenters. The van der Waals surface area contributed by atoms with Crippen LogP contribution in [0.4, 0.5) is 0 Å². The zero-order valence-electron chi connectivity index (χ0n) is 18.9. The summed E-state index contributed by atoms with van der Waals surface area (Å²) in [6.45, 7) is 14.6. The van der Waals surface area contributed by atoms with Gasteiger partial charge in [-0.15, -0.1) is 0 Å². The number of rotatable bonds is 5. The predicted molar refractivity (Wildman–Crippen MR) is 123 cm³/mol. The van der Waals surface area contributed by atoms with Crippen LogP contribution in [0.5, 0.6) is 0 Å². The first-order chi connectivity index (χ1) is 13.0. The summed E-state index contributed by atoms with van der Waals surface area (Å²) in [6, 6.07) is 0. The van der Waals surface area contributed by atoms with Gasteiger partial charge in [-0.05, 0) is 88.4 Å². The Kier molecular flexibility index (Phi) is 6.54. The fourth-order valence-electron chi connectivity index (χ4n) is 7.38. The number of alkyl halides is 1. The average molecular weight is 504 g/mol. The van der Waals surface area contributed by atoms with E-state index in [0.717, 1.165) is 18.8 Å². The standard InChI is InChI=1S/C24H41IO3/c1-7-27-20(26)10-9-19(25)24(6)16-12-18-22(4)14-8-13-21(2,3)17(22)11-15-23(18,5)28-24/h17-19H,7-16H2,1-6H3/t17-,18+,19?,22-,23+,24+/m0/s1. The van der Waals surface area contributed by atoms with Gasteiger partial charge in [0.25, 0.3) is 0 Å². The van der Waals surface area contributed by atoms with Crippen molar-refractivity contribution in [2.75, 3.05) is 6.61 Å². The molecule has 0 aromatic heterocycles. The molecule has 1 aliphatic heterocycles. The lowest BCUT2D eigenvalue weighted by Crippen LogP contribution is -2.64. The van der Waals surface area contributed by atoms with Crippen molar-refractivity contribution in [1.29, 1.82) is 0 Å². The van der Waals surface area contributed by atoms with E-state index in [2.05, 4.69) is 57.2 Å². The minimum absolute atomic E-state index is 0.0288. The van der Waals surface area contributed by atoms with Crippen LogP contribution in [0.15, 0.2) is 0 Å². The summed E-state index contributed by atoms with van der Waals surface area (Å²) >= 11 is 2.52. The molecule has 28 heavy (non-hydrogen) atoms. The molecule has 0 bridgehead atoms. The van der Waals surface area contributed by atoms with E-state index in [9.17, 15) is 4.79 Å². The Balaban J connectivity index is 1.73. The first-order valence-electron chi connectivity index (χ1n) is 11.5. The maximum Gasteiger partial charge on any atom is 0.305 e. The number of halogens is 1. The molecule has 1 heterocycles. The topological polar surface area (TPSA) is 35.5 Å². The van der Waals surface area contributed by atoms with Crippen molar-refractivity contribution in [2.45, 2.75) is 114 Å². The molecular weight excluding hydrogens is 463 g/mol. The van der Waals surface area contributed by atoms with E-state index in [1.807, 2.05) is 6.92 Å². The van der Waals surface area contributed by atoms with Crippen LogP contribution >= 0.6 is 22.6 Å². The Hall–Kier alpha value is 0.160. The average Bonchev–Trinajstić information content (AvgIpc) is 2.58. The highest BCUT2D eigenvalue weighted by atomic mass is 127. The second-order valence-corrected chi connectivity index (χ2v) is 12.6. The summed E-state index contributed by atoms with van der Waals surface area (Å²) in [5.41, 5.74) is 0.688. The molecule has 162 valence electrons. The zero-order chi connectivity index (χ0) is 20.8. The smallest absolute Gasteiger partial charge is 0.305 e. The van der Waals surface area contributed by atoms with Gasteiger partial charge in [0, 0.05) is 10.3 Å². The van der Waals surface area contributed by atoms with Gasteiger partial charge in [0.15, 0.2) is 0 Å². The number of carbonyl (C=O) groups excluding carboxylic acids is 1. The Labute approximate surface area is 186 Å². The molecule has 1 unspecified atom stereocenters. The second kappa shape index (κ2) is 8.01. The largest absolute Gasteiger partial charge is 0.466 e. The van der Waals surface area contributed by atoms with Crippen LogP contribution in [0.3, 0.4) is 0 Å². The maximum atomic E-state index is 11.8. The van der Waals surface area contributed by atoms with Crippen LogP contribution in [0.2, 0.25) is 0 Å². The SMILES string of the molecule is CCOC(=O)CCC(I)[C@@]1(C)CC[C@@H]2[C@@]3(C)CCCC(C)(C)[C@@H]3CC[C@@]2(C)O1. The van der Waals surface area contributed by atoms with Crippen molar-refractivity contribution in [3.05, 3.63) is 0 Å². The van der Waals surface area contributed by atoms with Gasteiger partial charge in [-0.3, -0.25) is 4.79 Å². The minimum atomic E-state index is -0.147. The quantitative estimate of drug-likeness (QED) is 0.237. The van der Waals surface area contributed by atoms with Gasteiger partial charge in [-0.2, -0.15) is 0 Å². The third-order valence-corrected chi connectivity index (χ3v) is 10.6. The highest BCUT2D eigenvalue weighted by molar-refractivity contribution is 14.1. The predicted octanol–water partition coefficient (Wildman–Crippen LogP) is 6.70. The Morgan fingerprint density at radius 1 is 1.07 bits per heavy atom. The van der Waals surface area contributed by atoms with Crippen LogP contribution in [0.25, 0.3) is 0 Å². The summed E-state index contributed by atoms with van der Waals surface area (Å²) in [7, 11) is 0. The highest BCUT2D eigenvalue weighted by Crippen LogP contribution is 2.65. The molecule has 3 fully saturated rings. The van der Waals surface area contributed by atoms with E-state index >= 15 is 0 Å². The molecule has 2 saturated carbocycles. The van der Waals surface area contributed by atoms with Gasteiger partial charge in [0.2, 0.25) is 0 Å². The molecule has 0 spiro atoms. The number of hydrogen-bond donors (Lipinski definition) is 0. The monoisotopic (exact) mass is 504 g/mol. The molecule has 0 amide bonds. The molecule has 3 nitrogen and oxygen atoms in total. The minimum Gasteiger partial charge on any atom is -0.466 e. The Bertz CT molecular complexity index is 590. The van der Waals surface area contributed by atoms with Gasteiger partial charge in [0.05, 0.1) is 17.8 Å². The fraction of sp³-hybridized carbons (Fsp3) is 0.958. The number of hydrogen-bond acceptors (Lipinski definition) is 3. The number of fused-ring (bicyclic) bond motifs is 3. The molecular formula is C24H41IO3. The third-order valence-electron chi connectivity index (χ3n) is 8.70. The molecule has 2 aliphatic carbocycles. The van der Waals surface area contributed by atoms with Gasteiger partial charge >= 0.3 is 5.97 Å². The Morgan fingerprint density at radius 3 is 2.43 bits per heavy atom. The van der Waals surface area contributed by atoms with Crippen LogP contribution in [-0.4, -0.2) is 27.7 Å². The third kappa shape index (κ3) is 4.02. The van der Waals surface area contributed by atoms with Gasteiger partial charge in [-0.25, -0.2) is 0 Å². The van der Waals surface area contributed by atoms with Crippen molar-refractivity contribution >= 4 is 28.6 Å². The molecule has 0 N–H and O–H groups in total. The van der Waals surface area contributed by atoms with Crippen LogP contribution in [0.1, 0.15) is 99.3 Å². The first-order valence-corrected chi connectivity index (χ1v) is 12.7. The van der Waals surface area contributed by atoms with Crippen molar-refractivity contribution in [2.24, 2.45) is 22.7 Å². The van der Waals surface area contributed by atoms with E-state index in [4.69, 9.17) is 9.47 Å². The molecule has 1 saturated heterocycles. The maximum absolute atomic E-state index is 11.8. The first kappa shape index (κ1) is 22.8. The highest BCUT2D eigenvalue weighted by Gasteiger charge is 2.62. The molecule has 4 heteroatoms. The lowest BCUT2D eigenvalue weighted by atomic mass is 9.44. The van der Waals surface area contributed by atoms with Crippen molar-refractivity contribution in [3.63, 3.8) is 0 Å². The zero-order valence-corrected chi connectivity index (χ0v) is 21.1. The van der Waals surface area contributed by atoms with Crippen LogP contribution < -0.4 is 0 Å². The van der Waals surface area contributed by atoms with Crippen molar-refractivity contribution in [3.8, 4) is 0 Å². The number of carbonyl (C=O) groups is 1. The summed E-state index contributed by atoms with van der Waals surface area (Å²) < 4.78 is 12.5. The summed E-state index contributed by atoms with van der Waals surface area (Å²) in [6.07, 6.45) is 10.3. The van der Waals surface area contributed by atoms with E-state index in [-0.39, 0.29) is 17.2 Å². The van der Waals surface area contributed by atoms with E-state index in [1.165, 1.54) is 38.5 Å². The lowest BCUT2D eigenvalue weighted by Gasteiger charge is -2.65. The molecule has 0 radical (unpaired) electrons. The second-order valence-electron chi connectivity index (χ2n) is 11.1. The summed E-state index contributed by atoms with van der Waals surface area (Å²) in [5.74, 6) is 1.39. The van der Waals surface area contributed by atoms with Gasteiger partial charge in [0.1, 0.15) is 0 Å². The van der Waals surface area contributed by atoms with Crippen molar-refractivity contribution < 1.29 is 14.3 Å². The lowest BCUT2D eigenvalue weighted by molar-refractivity contribution is -0.264. The van der Waals surface area contributed by atoms with Crippen molar-refractivity contribution in [1.82, 2.24) is 0 Å². The molecule has 0 aromatic rings. The molecule has 3 aliphatic rings. The van der Waals surface area contributed by atoms with Gasteiger partial charge in [-0.1, -0.05) is 49.8 Å². The molecule has 0 aromatic carbocycles.